The van der Waals surface area contributed by atoms with E-state index in [4.69, 9.17) is 16.7 Å². The van der Waals surface area contributed by atoms with Crippen LogP contribution in [0.4, 0.5) is 0 Å². The Balaban J connectivity index is 2.42. The summed E-state index contributed by atoms with van der Waals surface area (Å²) in [6.45, 7) is 4.36. The molecule has 2 aromatic heterocycles. The molecule has 0 spiro atoms. The molecule has 6 nitrogen and oxygen atoms in total. The van der Waals surface area contributed by atoms with Gasteiger partial charge in [-0.1, -0.05) is 18.5 Å². The molecule has 118 valence electrons. The van der Waals surface area contributed by atoms with Gasteiger partial charge < -0.3 is 10.0 Å². The monoisotopic (exact) mass is 323 g/mol. The number of nitrogens with zero attached hydrogens (tertiary/aromatic N) is 3. The number of amides is 1. The average molecular weight is 324 g/mol. The number of carbonyl (C=O) groups excluding carboxylic acids is 1. The molecule has 0 bridgehead atoms. The van der Waals surface area contributed by atoms with E-state index in [1.807, 2.05) is 13.8 Å². The lowest BCUT2D eigenvalue weighted by atomic mass is 10.2. The van der Waals surface area contributed by atoms with E-state index in [0.717, 1.165) is 0 Å². The minimum Gasteiger partial charge on any atom is -0.481 e. The fraction of sp³-hybridized carbons (Fsp3) is 0.400. The third-order valence-electron chi connectivity index (χ3n) is 3.46. The first-order valence-corrected chi connectivity index (χ1v) is 7.53. The van der Waals surface area contributed by atoms with Gasteiger partial charge in [0.2, 0.25) is 0 Å². The normalized spacial score (nSPS) is 10.9. The van der Waals surface area contributed by atoms with Crippen molar-refractivity contribution in [2.45, 2.75) is 26.7 Å². The van der Waals surface area contributed by atoms with E-state index in [2.05, 4.69) is 4.98 Å². The molecule has 0 saturated carbocycles. The van der Waals surface area contributed by atoms with Gasteiger partial charge in [-0.25, -0.2) is 4.98 Å². The van der Waals surface area contributed by atoms with Crippen LogP contribution in [0.1, 0.15) is 36.5 Å². The Hall–Kier alpha value is -2.08. The second-order valence-electron chi connectivity index (χ2n) is 4.86. The zero-order valence-corrected chi connectivity index (χ0v) is 13.3. The summed E-state index contributed by atoms with van der Waals surface area (Å²) in [6.07, 6.45) is 2.24. The topological polar surface area (TPSA) is 74.9 Å². The summed E-state index contributed by atoms with van der Waals surface area (Å²) in [5.74, 6) is -1.14. The van der Waals surface area contributed by atoms with Crippen LogP contribution in [0.2, 0.25) is 5.02 Å². The lowest BCUT2D eigenvalue weighted by Gasteiger charge is -2.20. The van der Waals surface area contributed by atoms with E-state index >= 15 is 0 Å². The van der Waals surface area contributed by atoms with Crippen LogP contribution in [-0.4, -0.2) is 44.4 Å². The van der Waals surface area contributed by atoms with Gasteiger partial charge >= 0.3 is 5.97 Å². The molecule has 22 heavy (non-hydrogen) atoms. The fourth-order valence-corrected chi connectivity index (χ4v) is 2.48. The van der Waals surface area contributed by atoms with Crippen molar-refractivity contribution in [1.82, 2.24) is 14.3 Å². The van der Waals surface area contributed by atoms with Crippen molar-refractivity contribution in [3.63, 3.8) is 0 Å². The molecule has 0 aromatic carbocycles. The molecule has 0 aliphatic carbocycles. The number of aryl methyl sites for hydroxylation is 1. The van der Waals surface area contributed by atoms with Crippen molar-refractivity contribution < 1.29 is 14.7 Å². The molecule has 1 N–H and O–H groups in total. The largest absolute Gasteiger partial charge is 0.481 e. The smallest absolute Gasteiger partial charge is 0.305 e. The zero-order chi connectivity index (χ0) is 16.3. The van der Waals surface area contributed by atoms with E-state index in [9.17, 15) is 9.59 Å². The molecular formula is C15H18ClN3O3. The Morgan fingerprint density at radius 2 is 2.14 bits per heavy atom. The highest BCUT2D eigenvalue weighted by molar-refractivity contribution is 6.30. The molecule has 0 aliphatic heterocycles. The third-order valence-corrected chi connectivity index (χ3v) is 3.70. The average Bonchev–Trinajstić information content (AvgIpc) is 2.84. The number of carboxylic acids is 1. The van der Waals surface area contributed by atoms with Crippen LogP contribution in [-0.2, 0) is 11.2 Å². The summed E-state index contributed by atoms with van der Waals surface area (Å²) in [5, 5.41) is 9.36. The highest BCUT2D eigenvalue weighted by Crippen LogP contribution is 2.19. The molecule has 7 heteroatoms. The number of carboxylic acid groups (broad SMARTS) is 1. The number of fused-ring (bicyclic) bond motifs is 1. The number of aromatic nitrogens is 2. The van der Waals surface area contributed by atoms with E-state index in [-0.39, 0.29) is 18.9 Å². The van der Waals surface area contributed by atoms with Gasteiger partial charge in [0.1, 0.15) is 11.3 Å². The van der Waals surface area contributed by atoms with Gasteiger partial charge in [0.05, 0.1) is 12.1 Å². The number of hydrogen-bond donors (Lipinski definition) is 1. The number of aliphatic carboxylic acids is 1. The maximum atomic E-state index is 12.8. The number of imidazole rings is 1. The first kappa shape index (κ1) is 16.3. The SMILES string of the molecule is CCc1nc2cc(Cl)ccn2c1C(=O)N(CC)CCC(=O)O. The van der Waals surface area contributed by atoms with E-state index in [1.54, 1.807) is 22.7 Å². The molecule has 1 amide bonds. The first-order chi connectivity index (χ1) is 10.5. The van der Waals surface area contributed by atoms with Crippen molar-refractivity contribution in [3.05, 3.63) is 34.7 Å². The van der Waals surface area contributed by atoms with Crippen molar-refractivity contribution in [3.8, 4) is 0 Å². The van der Waals surface area contributed by atoms with Crippen molar-refractivity contribution in [2.75, 3.05) is 13.1 Å². The second-order valence-corrected chi connectivity index (χ2v) is 5.30. The Bertz CT molecular complexity index is 711. The second kappa shape index (κ2) is 6.79. The Labute approximate surface area is 133 Å². The molecule has 0 aliphatic rings. The lowest BCUT2D eigenvalue weighted by molar-refractivity contribution is -0.137. The van der Waals surface area contributed by atoms with Gasteiger partial charge in [-0.15, -0.1) is 0 Å². The summed E-state index contributed by atoms with van der Waals surface area (Å²) in [4.78, 5) is 29.5. The highest BCUT2D eigenvalue weighted by Gasteiger charge is 2.23. The van der Waals surface area contributed by atoms with Gasteiger partial charge in [0, 0.05) is 30.4 Å². The first-order valence-electron chi connectivity index (χ1n) is 7.15. The number of rotatable bonds is 6. The lowest BCUT2D eigenvalue weighted by Crippen LogP contribution is -2.34. The van der Waals surface area contributed by atoms with Crippen LogP contribution in [0.3, 0.4) is 0 Å². The summed E-state index contributed by atoms with van der Waals surface area (Å²) < 4.78 is 1.70. The highest BCUT2D eigenvalue weighted by atomic mass is 35.5. The molecular weight excluding hydrogens is 306 g/mol. The predicted molar refractivity (Wildman–Crippen MR) is 83.4 cm³/mol. The van der Waals surface area contributed by atoms with Crippen LogP contribution in [0, 0.1) is 0 Å². The number of carbonyl (C=O) groups is 2. The Kier molecular flexibility index (Phi) is 5.03. The minimum absolute atomic E-state index is 0.0798. The zero-order valence-electron chi connectivity index (χ0n) is 12.5. The Morgan fingerprint density at radius 1 is 1.41 bits per heavy atom. The molecule has 0 saturated heterocycles. The summed E-state index contributed by atoms with van der Waals surface area (Å²) in [7, 11) is 0. The predicted octanol–water partition coefficient (Wildman–Crippen LogP) is 2.49. The van der Waals surface area contributed by atoms with E-state index in [0.29, 0.717) is 35.0 Å². The summed E-state index contributed by atoms with van der Waals surface area (Å²) in [6, 6.07) is 3.39. The van der Waals surface area contributed by atoms with Crippen LogP contribution >= 0.6 is 11.6 Å². The van der Waals surface area contributed by atoms with Crippen LogP contribution in [0.25, 0.3) is 5.65 Å². The van der Waals surface area contributed by atoms with Gasteiger partial charge in [-0.3, -0.25) is 14.0 Å². The van der Waals surface area contributed by atoms with Crippen molar-refractivity contribution >= 4 is 29.1 Å². The van der Waals surface area contributed by atoms with Gasteiger partial charge in [0.25, 0.3) is 5.91 Å². The van der Waals surface area contributed by atoms with Crippen LogP contribution in [0.5, 0.6) is 0 Å². The van der Waals surface area contributed by atoms with E-state index in [1.165, 1.54) is 4.90 Å². The van der Waals surface area contributed by atoms with Gasteiger partial charge in [-0.05, 0) is 19.4 Å². The van der Waals surface area contributed by atoms with Crippen molar-refractivity contribution in [2.24, 2.45) is 0 Å². The standard InChI is InChI=1S/C15H18ClN3O3/c1-3-11-14(15(22)18(4-2)7-6-13(20)21)19-8-5-10(16)9-12(19)17-11/h5,8-9H,3-4,6-7H2,1-2H3,(H,20,21). The van der Waals surface area contributed by atoms with Crippen LogP contribution in [0.15, 0.2) is 18.3 Å². The molecule has 0 atom stereocenters. The van der Waals surface area contributed by atoms with Gasteiger partial charge in [0.15, 0.2) is 0 Å². The fourth-order valence-electron chi connectivity index (χ4n) is 2.33. The molecule has 2 heterocycles. The van der Waals surface area contributed by atoms with Crippen LogP contribution < -0.4 is 0 Å². The summed E-state index contributed by atoms with van der Waals surface area (Å²) in [5.41, 5.74) is 1.77. The minimum atomic E-state index is -0.924. The number of halogens is 1. The summed E-state index contributed by atoms with van der Waals surface area (Å²) >= 11 is 5.96. The molecule has 0 radical (unpaired) electrons. The molecule has 0 unspecified atom stereocenters. The van der Waals surface area contributed by atoms with Crippen molar-refractivity contribution in [1.29, 1.82) is 0 Å². The molecule has 0 fully saturated rings. The quantitative estimate of drug-likeness (QED) is 0.886. The Morgan fingerprint density at radius 3 is 2.73 bits per heavy atom. The van der Waals surface area contributed by atoms with E-state index < -0.39 is 5.97 Å². The number of pyridine rings is 1. The molecule has 2 rings (SSSR count). The maximum Gasteiger partial charge on any atom is 0.305 e. The third kappa shape index (κ3) is 3.22. The molecule has 2 aromatic rings. The number of hydrogen-bond acceptors (Lipinski definition) is 3. The van der Waals surface area contributed by atoms with Gasteiger partial charge in [-0.2, -0.15) is 0 Å². The maximum absolute atomic E-state index is 12.8.